The highest BCUT2D eigenvalue weighted by molar-refractivity contribution is 7.92. The number of sulfonamides is 1. The van der Waals surface area contributed by atoms with Crippen LogP contribution in [-0.4, -0.2) is 41.1 Å². The molecule has 2 aromatic carbocycles. The highest BCUT2D eigenvalue weighted by atomic mass is 32.2. The molecular weight excluding hydrogens is 476 g/mol. The van der Waals surface area contributed by atoms with E-state index in [0.29, 0.717) is 16.3 Å². The average molecular weight is 501 g/mol. The van der Waals surface area contributed by atoms with E-state index in [1.807, 2.05) is 0 Å². The third-order valence-corrected chi connectivity index (χ3v) is 8.52. The molecule has 1 aromatic heterocycles. The Hall–Kier alpha value is -3.37. The number of ether oxygens (including phenoxy) is 2. The predicted octanol–water partition coefficient (Wildman–Crippen LogP) is 3.87. The Morgan fingerprint density at radius 2 is 1.82 bits per heavy atom. The minimum absolute atomic E-state index is 0.0518. The van der Waals surface area contributed by atoms with E-state index >= 15 is 0 Å². The molecule has 3 aromatic rings. The zero-order valence-electron chi connectivity index (χ0n) is 18.7. The van der Waals surface area contributed by atoms with E-state index in [9.17, 15) is 18.0 Å². The third-order valence-electron chi connectivity index (χ3n) is 5.52. The van der Waals surface area contributed by atoms with E-state index in [1.54, 1.807) is 42.5 Å². The number of aryl methyl sites for hydroxylation is 1. The van der Waals surface area contributed by atoms with Gasteiger partial charge in [-0.15, -0.1) is 11.3 Å². The Morgan fingerprint density at radius 3 is 2.53 bits per heavy atom. The van der Waals surface area contributed by atoms with Crippen LogP contribution in [0, 0.1) is 0 Å². The highest BCUT2D eigenvalue weighted by Crippen LogP contribution is 2.39. The maximum Gasteiger partial charge on any atom is 0.341 e. The zero-order valence-corrected chi connectivity index (χ0v) is 20.4. The summed E-state index contributed by atoms with van der Waals surface area (Å²) in [5.41, 5.74) is 1.53. The van der Waals surface area contributed by atoms with Gasteiger partial charge in [-0.25, -0.2) is 13.2 Å². The first kappa shape index (κ1) is 23.8. The monoisotopic (exact) mass is 500 g/mol. The van der Waals surface area contributed by atoms with Gasteiger partial charge in [-0.1, -0.05) is 24.3 Å². The predicted molar refractivity (Wildman–Crippen MR) is 130 cm³/mol. The number of esters is 1. The molecule has 0 aliphatic heterocycles. The van der Waals surface area contributed by atoms with Crippen molar-refractivity contribution in [2.75, 3.05) is 30.4 Å². The summed E-state index contributed by atoms with van der Waals surface area (Å²) in [4.78, 5) is 26.6. The van der Waals surface area contributed by atoms with Gasteiger partial charge in [-0.05, 0) is 49.1 Å². The summed E-state index contributed by atoms with van der Waals surface area (Å²) in [6.45, 7) is -0.492. The maximum atomic E-state index is 13.5. The molecule has 0 saturated heterocycles. The lowest BCUT2D eigenvalue weighted by Gasteiger charge is -2.24. The molecule has 1 aliphatic carbocycles. The number of rotatable bonds is 8. The van der Waals surface area contributed by atoms with Crippen LogP contribution in [0.2, 0.25) is 0 Å². The van der Waals surface area contributed by atoms with Gasteiger partial charge in [0.15, 0.2) is 0 Å². The number of carbonyl (C=O) groups is 2. The molecule has 1 N–H and O–H groups in total. The van der Waals surface area contributed by atoms with Gasteiger partial charge in [-0.2, -0.15) is 0 Å². The molecular formula is C24H24N2O6S2. The molecule has 0 fully saturated rings. The maximum absolute atomic E-state index is 13.5. The van der Waals surface area contributed by atoms with Crippen LogP contribution in [0.25, 0.3) is 0 Å². The number of anilines is 2. The largest absolute Gasteiger partial charge is 0.497 e. The summed E-state index contributed by atoms with van der Waals surface area (Å²) < 4.78 is 38.2. The van der Waals surface area contributed by atoms with E-state index in [1.165, 1.54) is 37.7 Å². The third kappa shape index (κ3) is 4.64. The number of carbonyl (C=O) groups excluding carboxylic acids is 2. The molecule has 178 valence electrons. The first-order valence-electron chi connectivity index (χ1n) is 10.6. The number of benzene rings is 2. The number of hydrogen-bond acceptors (Lipinski definition) is 7. The van der Waals surface area contributed by atoms with Crippen molar-refractivity contribution >= 4 is 43.9 Å². The van der Waals surface area contributed by atoms with Gasteiger partial charge in [0.1, 0.15) is 17.3 Å². The van der Waals surface area contributed by atoms with Crippen LogP contribution in [0.4, 0.5) is 10.7 Å². The van der Waals surface area contributed by atoms with Crippen molar-refractivity contribution in [2.45, 2.75) is 24.2 Å². The number of nitrogens with zero attached hydrogens (tertiary/aromatic N) is 1. The van der Waals surface area contributed by atoms with Gasteiger partial charge < -0.3 is 14.8 Å². The second kappa shape index (κ2) is 9.86. The minimum atomic E-state index is -4.07. The van der Waals surface area contributed by atoms with Gasteiger partial charge in [-0.3, -0.25) is 9.10 Å². The van der Waals surface area contributed by atoms with E-state index in [0.717, 1.165) is 34.0 Å². The number of nitrogens with one attached hydrogen (secondary N) is 1. The molecule has 0 atom stereocenters. The molecule has 0 bridgehead atoms. The fourth-order valence-electron chi connectivity index (χ4n) is 3.91. The van der Waals surface area contributed by atoms with E-state index in [4.69, 9.17) is 9.47 Å². The van der Waals surface area contributed by atoms with Gasteiger partial charge in [0.25, 0.3) is 10.0 Å². The van der Waals surface area contributed by atoms with Crippen molar-refractivity contribution in [1.82, 2.24) is 0 Å². The SMILES string of the molecule is COC(=O)c1c(NC(=O)CN(c2cccc(OC)c2)S(=O)(=O)c2ccccc2)sc2c1CCC2. The number of amides is 1. The van der Waals surface area contributed by atoms with Crippen molar-refractivity contribution in [3.05, 3.63) is 70.6 Å². The molecule has 0 unspecified atom stereocenters. The normalized spacial score (nSPS) is 12.6. The first-order valence-corrected chi connectivity index (χ1v) is 12.9. The molecule has 4 rings (SSSR count). The molecule has 1 heterocycles. The van der Waals surface area contributed by atoms with Crippen LogP contribution < -0.4 is 14.4 Å². The van der Waals surface area contributed by atoms with Gasteiger partial charge in [0.2, 0.25) is 5.91 Å². The summed E-state index contributed by atoms with van der Waals surface area (Å²) in [5, 5.41) is 3.13. The smallest absolute Gasteiger partial charge is 0.341 e. The highest BCUT2D eigenvalue weighted by Gasteiger charge is 2.31. The molecule has 1 amide bonds. The number of fused-ring (bicyclic) bond motifs is 1. The van der Waals surface area contributed by atoms with Crippen molar-refractivity contribution in [2.24, 2.45) is 0 Å². The summed E-state index contributed by atoms with van der Waals surface area (Å²) in [5.74, 6) is -0.641. The summed E-state index contributed by atoms with van der Waals surface area (Å²) in [6, 6.07) is 14.4. The Morgan fingerprint density at radius 1 is 1.06 bits per heavy atom. The first-order chi connectivity index (χ1) is 16.3. The zero-order chi connectivity index (χ0) is 24.3. The number of methoxy groups -OCH3 is 2. The van der Waals surface area contributed by atoms with Crippen molar-refractivity contribution < 1.29 is 27.5 Å². The van der Waals surface area contributed by atoms with E-state index in [-0.39, 0.29) is 10.6 Å². The lowest BCUT2D eigenvalue weighted by molar-refractivity contribution is -0.114. The molecule has 1 aliphatic rings. The fraction of sp³-hybridized carbons (Fsp3) is 0.250. The standard InChI is InChI=1S/C24H24N2O6S2/c1-31-17-9-6-8-16(14-17)26(34(29,30)18-10-4-3-5-11-18)15-21(27)25-23-22(24(28)32-2)19-12-7-13-20(19)33-23/h3-6,8-11,14H,7,12-13,15H2,1-2H3,(H,25,27). The van der Waals surface area contributed by atoms with E-state index < -0.39 is 28.4 Å². The van der Waals surface area contributed by atoms with Crippen LogP contribution in [0.5, 0.6) is 5.75 Å². The van der Waals surface area contributed by atoms with Crippen LogP contribution in [-0.2, 0) is 32.4 Å². The Bertz CT molecular complexity index is 1320. The topological polar surface area (TPSA) is 102 Å². The van der Waals surface area contributed by atoms with Crippen LogP contribution in [0.1, 0.15) is 27.2 Å². The quantitative estimate of drug-likeness (QED) is 0.471. The molecule has 0 spiro atoms. The fourth-order valence-corrected chi connectivity index (χ4v) is 6.63. The molecule has 10 heteroatoms. The lowest BCUT2D eigenvalue weighted by atomic mass is 10.1. The summed E-state index contributed by atoms with van der Waals surface area (Å²) >= 11 is 1.33. The lowest BCUT2D eigenvalue weighted by Crippen LogP contribution is -2.38. The number of hydrogen-bond donors (Lipinski definition) is 1. The Balaban J connectivity index is 1.68. The second-order valence-electron chi connectivity index (χ2n) is 7.63. The average Bonchev–Trinajstić information content (AvgIpc) is 3.43. The minimum Gasteiger partial charge on any atom is -0.497 e. The van der Waals surface area contributed by atoms with Gasteiger partial charge in [0.05, 0.1) is 30.4 Å². The van der Waals surface area contributed by atoms with Crippen LogP contribution in [0.3, 0.4) is 0 Å². The van der Waals surface area contributed by atoms with Gasteiger partial charge in [0, 0.05) is 10.9 Å². The molecule has 8 nitrogen and oxygen atoms in total. The second-order valence-corrected chi connectivity index (χ2v) is 10.6. The molecule has 34 heavy (non-hydrogen) atoms. The van der Waals surface area contributed by atoms with Crippen molar-refractivity contribution in [3.8, 4) is 5.75 Å². The van der Waals surface area contributed by atoms with Crippen molar-refractivity contribution in [3.63, 3.8) is 0 Å². The van der Waals surface area contributed by atoms with Crippen LogP contribution >= 0.6 is 11.3 Å². The van der Waals surface area contributed by atoms with E-state index in [2.05, 4.69) is 5.32 Å². The van der Waals surface area contributed by atoms with Crippen molar-refractivity contribution in [1.29, 1.82) is 0 Å². The van der Waals surface area contributed by atoms with Gasteiger partial charge >= 0.3 is 5.97 Å². The summed E-state index contributed by atoms with van der Waals surface area (Å²) in [7, 11) is -1.29. The Kier molecular flexibility index (Phi) is 6.90. The molecule has 0 saturated carbocycles. The molecule has 0 radical (unpaired) electrons. The number of thiophene rings is 1. The summed E-state index contributed by atoms with van der Waals surface area (Å²) in [6.07, 6.45) is 2.51. The Labute approximate surface area is 202 Å². The van der Waals surface area contributed by atoms with Crippen LogP contribution in [0.15, 0.2) is 59.5 Å².